The predicted molar refractivity (Wildman–Crippen MR) is 71.1 cm³/mol. The highest BCUT2D eigenvalue weighted by molar-refractivity contribution is 6.33. The summed E-state index contributed by atoms with van der Waals surface area (Å²) in [6.07, 6.45) is 5.05. The van der Waals surface area contributed by atoms with Gasteiger partial charge in [-0.05, 0) is 43.9 Å². The molecular formula is C13H19ClN2. The molecule has 1 heterocycles. The Labute approximate surface area is 102 Å². The number of hydrogen-bond donors (Lipinski definition) is 1. The topological polar surface area (TPSA) is 29.3 Å². The van der Waals surface area contributed by atoms with E-state index in [0.717, 1.165) is 22.9 Å². The summed E-state index contributed by atoms with van der Waals surface area (Å²) in [5.41, 5.74) is 7.60. The molecule has 0 saturated carbocycles. The van der Waals surface area contributed by atoms with Crippen LogP contribution in [-0.4, -0.2) is 12.6 Å². The zero-order valence-electron chi connectivity index (χ0n) is 9.75. The fourth-order valence-corrected chi connectivity index (χ4v) is 2.80. The van der Waals surface area contributed by atoms with Gasteiger partial charge in [0, 0.05) is 18.3 Å². The van der Waals surface area contributed by atoms with Crippen LogP contribution in [0.4, 0.5) is 11.4 Å². The lowest BCUT2D eigenvalue weighted by Crippen LogP contribution is -2.39. The molecule has 0 spiro atoms. The molecule has 1 aliphatic heterocycles. The van der Waals surface area contributed by atoms with E-state index in [-0.39, 0.29) is 0 Å². The van der Waals surface area contributed by atoms with Gasteiger partial charge in [-0.1, -0.05) is 18.5 Å². The smallest absolute Gasteiger partial charge is 0.0660 e. The Kier molecular flexibility index (Phi) is 3.59. The zero-order valence-corrected chi connectivity index (χ0v) is 10.5. The molecule has 0 amide bonds. The van der Waals surface area contributed by atoms with Gasteiger partial charge in [0.15, 0.2) is 0 Å². The third kappa shape index (κ3) is 2.27. The van der Waals surface area contributed by atoms with Gasteiger partial charge in [-0.25, -0.2) is 0 Å². The Bertz CT molecular complexity index is 365. The van der Waals surface area contributed by atoms with E-state index in [1.54, 1.807) is 0 Å². The van der Waals surface area contributed by atoms with Crippen LogP contribution in [0.15, 0.2) is 18.2 Å². The molecule has 3 heteroatoms. The first-order valence-electron chi connectivity index (χ1n) is 6.04. The van der Waals surface area contributed by atoms with Crippen molar-refractivity contribution >= 4 is 23.0 Å². The first kappa shape index (κ1) is 11.6. The highest BCUT2D eigenvalue weighted by Crippen LogP contribution is 2.33. The van der Waals surface area contributed by atoms with E-state index in [0.29, 0.717) is 6.04 Å². The molecule has 0 aromatic heterocycles. The van der Waals surface area contributed by atoms with Crippen molar-refractivity contribution in [3.8, 4) is 0 Å². The number of nitrogens with zero attached hydrogens (tertiary/aromatic N) is 1. The quantitative estimate of drug-likeness (QED) is 0.797. The lowest BCUT2D eigenvalue weighted by atomic mass is 9.99. The number of hydrogen-bond acceptors (Lipinski definition) is 2. The van der Waals surface area contributed by atoms with Crippen molar-refractivity contribution in [2.45, 2.75) is 38.6 Å². The molecule has 0 radical (unpaired) electrons. The molecule has 1 atom stereocenters. The minimum atomic E-state index is 0.634. The summed E-state index contributed by atoms with van der Waals surface area (Å²) in [6, 6.07) is 6.46. The third-order valence-corrected chi connectivity index (χ3v) is 3.68. The molecule has 88 valence electrons. The van der Waals surface area contributed by atoms with Gasteiger partial charge < -0.3 is 10.6 Å². The van der Waals surface area contributed by atoms with Crippen molar-refractivity contribution in [2.24, 2.45) is 0 Å². The minimum absolute atomic E-state index is 0.634. The van der Waals surface area contributed by atoms with Gasteiger partial charge in [-0.15, -0.1) is 0 Å². The van der Waals surface area contributed by atoms with Gasteiger partial charge in [0.25, 0.3) is 0 Å². The maximum Gasteiger partial charge on any atom is 0.0660 e. The summed E-state index contributed by atoms with van der Waals surface area (Å²) in [5, 5.41) is 0.778. The molecule has 1 fully saturated rings. The lowest BCUT2D eigenvalue weighted by Gasteiger charge is -2.37. The van der Waals surface area contributed by atoms with Crippen molar-refractivity contribution in [2.75, 3.05) is 17.2 Å². The first-order chi connectivity index (χ1) is 7.72. The van der Waals surface area contributed by atoms with E-state index in [1.165, 1.54) is 25.7 Å². The standard InChI is InChI=1S/C13H19ClN2/c1-2-11-5-3-4-8-16(11)13-7-6-10(15)9-12(13)14/h6-7,9,11H,2-5,8,15H2,1H3. The highest BCUT2D eigenvalue weighted by atomic mass is 35.5. The molecule has 2 N–H and O–H groups in total. The van der Waals surface area contributed by atoms with Crippen LogP contribution in [0, 0.1) is 0 Å². The predicted octanol–water partition coefficient (Wildman–Crippen LogP) is 3.69. The summed E-state index contributed by atoms with van der Waals surface area (Å²) < 4.78 is 0. The van der Waals surface area contributed by atoms with E-state index < -0.39 is 0 Å². The number of piperidine rings is 1. The Hall–Kier alpha value is -0.890. The highest BCUT2D eigenvalue weighted by Gasteiger charge is 2.22. The van der Waals surface area contributed by atoms with E-state index >= 15 is 0 Å². The average Bonchev–Trinajstić information content (AvgIpc) is 2.29. The fraction of sp³-hybridized carbons (Fsp3) is 0.538. The van der Waals surface area contributed by atoms with Crippen molar-refractivity contribution < 1.29 is 0 Å². The van der Waals surface area contributed by atoms with Crippen molar-refractivity contribution in [1.82, 2.24) is 0 Å². The number of benzene rings is 1. The van der Waals surface area contributed by atoms with Gasteiger partial charge in [-0.2, -0.15) is 0 Å². The van der Waals surface area contributed by atoms with Crippen molar-refractivity contribution in [3.63, 3.8) is 0 Å². The molecule has 1 aromatic rings. The molecule has 16 heavy (non-hydrogen) atoms. The molecule has 1 saturated heterocycles. The molecular weight excluding hydrogens is 220 g/mol. The van der Waals surface area contributed by atoms with E-state index in [2.05, 4.69) is 11.8 Å². The first-order valence-corrected chi connectivity index (χ1v) is 6.42. The SMILES string of the molecule is CCC1CCCCN1c1ccc(N)cc1Cl. The largest absolute Gasteiger partial charge is 0.399 e. The Balaban J connectivity index is 2.27. The number of nitrogens with two attached hydrogens (primary N) is 1. The maximum atomic E-state index is 6.26. The monoisotopic (exact) mass is 238 g/mol. The van der Waals surface area contributed by atoms with Crippen LogP contribution in [0.2, 0.25) is 5.02 Å². The summed E-state index contributed by atoms with van der Waals surface area (Å²) in [5.74, 6) is 0. The second-order valence-corrected chi connectivity index (χ2v) is 4.87. The minimum Gasteiger partial charge on any atom is -0.399 e. The molecule has 1 unspecified atom stereocenters. The Morgan fingerprint density at radius 1 is 1.44 bits per heavy atom. The molecule has 2 rings (SSSR count). The molecule has 2 nitrogen and oxygen atoms in total. The third-order valence-electron chi connectivity index (χ3n) is 3.38. The molecule has 0 bridgehead atoms. The zero-order chi connectivity index (χ0) is 11.5. The van der Waals surface area contributed by atoms with Crippen LogP contribution in [0.1, 0.15) is 32.6 Å². The van der Waals surface area contributed by atoms with Gasteiger partial charge in [-0.3, -0.25) is 0 Å². The van der Waals surface area contributed by atoms with E-state index in [4.69, 9.17) is 17.3 Å². The number of nitrogen functional groups attached to an aromatic ring is 1. The van der Waals surface area contributed by atoms with Crippen LogP contribution in [0.3, 0.4) is 0 Å². The maximum absolute atomic E-state index is 6.26. The van der Waals surface area contributed by atoms with E-state index in [1.807, 2.05) is 18.2 Å². The summed E-state index contributed by atoms with van der Waals surface area (Å²) in [7, 11) is 0. The van der Waals surface area contributed by atoms with Crippen LogP contribution in [0.25, 0.3) is 0 Å². The molecule has 0 aliphatic carbocycles. The van der Waals surface area contributed by atoms with Crippen molar-refractivity contribution in [1.29, 1.82) is 0 Å². The second-order valence-electron chi connectivity index (χ2n) is 4.46. The summed E-state index contributed by atoms with van der Waals surface area (Å²) in [4.78, 5) is 2.44. The van der Waals surface area contributed by atoms with Crippen LogP contribution in [0.5, 0.6) is 0 Å². The van der Waals surface area contributed by atoms with Gasteiger partial charge in [0.1, 0.15) is 0 Å². The number of anilines is 2. The Morgan fingerprint density at radius 3 is 2.94 bits per heavy atom. The lowest BCUT2D eigenvalue weighted by molar-refractivity contribution is 0.450. The van der Waals surface area contributed by atoms with Gasteiger partial charge in [0.05, 0.1) is 10.7 Å². The second kappa shape index (κ2) is 4.96. The molecule has 1 aliphatic rings. The Morgan fingerprint density at radius 2 is 2.25 bits per heavy atom. The fourth-order valence-electron chi connectivity index (χ4n) is 2.50. The number of halogens is 1. The van der Waals surface area contributed by atoms with E-state index in [9.17, 15) is 0 Å². The summed E-state index contributed by atoms with van der Waals surface area (Å²) in [6.45, 7) is 3.36. The van der Waals surface area contributed by atoms with Crippen LogP contribution in [-0.2, 0) is 0 Å². The van der Waals surface area contributed by atoms with Crippen molar-refractivity contribution in [3.05, 3.63) is 23.2 Å². The van der Waals surface area contributed by atoms with Crippen LogP contribution < -0.4 is 10.6 Å². The van der Waals surface area contributed by atoms with Crippen LogP contribution >= 0.6 is 11.6 Å². The average molecular weight is 239 g/mol. The normalized spacial score (nSPS) is 21.1. The van der Waals surface area contributed by atoms with Gasteiger partial charge >= 0.3 is 0 Å². The van der Waals surface area contributed by atoms with Gasteiger partial charge in [0.2, 0.25) is 0 Å². The number of rotatable bonds is 2. The summed E-state index contributed by atoms with van der Waals surface area (Å²) >= 11 is 6.26. The molecule has 1 aromatic carbocycles.